The number of rotatable bonds is 9. The number of carbonyl (C=O) groups is 1. The van der Waals surface area contributed by atoms with E-state index in [1.165, 1.54) is 6.42 Å². The molecule has 0 aromatic carbocycles. The van der Waals surface area contributed by atoms with Gasteiger partial charge >= 0.3 is 0 Å². The van der Waals surface area contributed by atoms with E-state index in [0.29, 0.717) is 19.1 Å². The van der Waals surface area contributed by atoms with Gasteiger partial charge in [0.2, 0.25) is 0 Å². The number of piperidine rings is 1. The Hall–Kier alpha value is -1.54. The number of nitriles is 1. The Labute approximate surface area is 134 Å². The third kappa shape index (κ3) is 7.46. The Morgan fingerprint density at radius 3 is 2.91 bits per heavy atom. The van der Waals surface area contributed by atoms with Crippen molar-refractivity contribution in [2.75, 3.05) is 32.8 Å². The molecular formula is C17H29N3O2. The lowest BCUT2D eigenvalue weighted by Crippen LogP contribution is -2.32. The predicted molar refractivity (Wildman–Crippen MR) is 87.0 cm³/mol. The van der Waals surface area contributed by atoms with Crippen molar-refractivity contribution in [1.29, 1.82) is 5.26 Å². The molecule has 1 saturated heterocycles. The van der Waals surface area contributed by atoms with Crippen LogP contribution < -0.4 is 5.32 Å². The molecule has 1 amide bonds. The van der Waals surface area contributed by atoms with Gasteiger partial charge in [0.1, 0.15) is 11.6 Å². The van der Waals surface area contributed by atoms with E-state index >= 15 is 0 Å². The highest BCUT2D eigenvalue weighted by Gasteiger charge is 2.16. The normalized spacial score (nSPS) is 18.9. The van der Waals surface area contributed by atoms with Crippen LogP contribution in [0.15, 0.2) is 11.8 Å². The lowest BCUT2D eigenvalue weighted by molar-refractivity contribution is -0.117. The molecule has 1 aliphatic heterocycles. The summed E-state index contributed by atoms with van der Waals surface area (Å²) >= 11 is 0. The molecule has 1 aliphatic rings. The lowest BCUT2D eigenvalue weighted by atomic mass is 10.0. The Morgan fingerprint density at radius 2 is 2.23 bits per heavy atom. The van der Waals surface area contributed by atoms with Crippen molar-refractivity contribution >= 4 is 5.91 Å². The fourth-order valence-corrected chi connectivity index (χ4v) is 2.48. The molecule has 0 aromatic rings. The Bertz CT molecular complexity index is 401. The summed E-state index contributed by atoms with van der Waals surface area (Å²) in [5.41, 5.74) is 0.195. The van der Waals surface area contributed by atoms with E-state index in [1.54, 1.807) is 6.20 Å². The number of amides is 1. The molecule has 124 valence electrons. The van der Waals surface area contributed by atoms with Crippen molar-refractivity contribution < 1.29 is 9.53 Å². The van der Waals surface area contributed by atoms with Crippen LogP contribution in [0.1, 0.15) is 46.0 Å². The number of nitrogens with one attached hydrogen (secondary N) is 1. The minimum absolute atomic E-state index is 0.195. The summed E-state index contributed by atoms with van der Waals surface area (Å²) in [5, 5.41) is 12.0. The second kappa shape index (κ2) is 11.1. The fourth-order valence-electron chi connectivity index (χ4n) is 2.48. The van der Waals surface area contributed by atoms with Crippen molar-refractivity contribution in [3.8, 4) is 6.07 Å². The summed E-state index contributed by atoms with van der Waals surface area (Å²) in [6.07, 6.45) is 7.02. The first kappa shape index (κ1) is 18.5. The highest BCUT2D eigenvalue weighted by molar-refractivity contribution is 5.97. The summed E-state index contributed by atoms with van der Waals surface area (Å²) in [5.74, 6) is 0.336. The number of carbonyl (C=O) groups excluding carboxylic acids is 1. The van der Waals surface area contributed by atoms with Crippen molar-refractivity contribution in [3.05, 3.63) is 11.8 Å². The summed E-state index contributed by atoms with van der Waals surface area (Å²) in [6.45, 7) is 8.14. The van der Waals surface area contributed by atoms with Crippen LogP contribution in [-0.2, 0) is 9.53 Å². The van der Waals surface area contributed by atoms with Gasteiger partial charge in [0.05, 0.1) is 0 Å². The van der Waals surface area contributed by atoms with Gasteiger partial charge in [0, 0.05) is 39.0 Å². The van der Waals surface area contributed by atoms with E-state index in [0.717, 1.165) is 45.4 Å². The summed E-state index contributed by atoms with van der Waals surface area (Å²) in [6, 6.07) is 2.01. The lowest BCUT2D eigenvalue weighted by Gasteiger charge is -2.29. The number of nitrogens with zero attached hydrogens (tertiary/aromatic N) is 2. The van der Waals surface area contributed by atoms with Crippen LogP contribution >= 0.6 is 0 Å². The van der Waals surface area contributed by atoms with Gasteiger partial charge in [-0.25, -0.2) is 0 Å². The maximum Gasteiger partial charge on any atom is 0.263 e. The van der Waals surface area contributed by atoms with Crippen LogP contribution in [0, 0.1) is 17.2 Å². The molecule has 1 rings (SSSR count). The van der Waals surface area contributed by atoms with E-state index in [2.05, 4.69) is 24.1 Å². The van der Waals surface area contributed by atoms with Gasteiger partial charge in [0.15, 0.2) is 0 Å². The molecule has 5 nitrogen and oxygen atoms in total. The zero-order valence-electron chi connectivity index (χ0n) is 13.9. The average Bonchev–Trinajstić information content (AvgIpc) is 2.51. The van der Waals surface area contributed by atoms with Crippen molar-refractivity contribution in [2.45, 2.75) is 46.0 Å². The third-order valence-corrected chi connectivity index (χ3v) is 3.76. The third-order valence-electron chi connectivity index (χ3n) is 3.76. The Kier molecular flexibility index (Phi) is 9.33. The molecular weight excluding hydrogens is 278 g/mol. The standard InChI is InChI=1S/C17H29N3O2/c1-3-4-10-22-11-6-8-19-17(21)16(12-18)14-20-9-5-7-15(2)13-20/h14-15H,3-11,13H2,1-2H3,(H,19,21)/b16-14-. The quantitative estimate of drug-likeness (QED) is 0.404. The SMILES string of the molecule is CCCCOCCCNC(=O)/C(C#N)=C\N1CCCC(C)C1. The van der Waals surface area contributed by atoms with Crippen molar-refractivity contribution in [2.24, 2.45) is 5.92 Å². The molecule has 1 heterocycles. The molecule has 1 atom stereocenters. The minimum atomic E-state index is -0.283. The van der Waals surface area contributed by atoms with E-state index in [-0.39, 0.29) is 11.5 Å². The molecule has 0 radical (unpaired) electrons. The van der Waals surface area contributed by atoms with Crippen LogP contribution in [0.2, 0.25) is 0 Å². The molecule has 1 unspecified atom stereocenters. The van der Waals surface area contributed by atoms with Crippen LogP contribution in [0.25, 0.3) is 0 Å². The minimum Gasteiger partial charge on any atom is -0.381 e. The monoisotopic (exact) mass is 307 g/mol. The molecule has 0 aliphatic carbocycles. The maximum atomic E-state index is 12.0. The summed E-state index contributed by atoms with van der Waals surface area (Å²) in [7, 11) is 0. The van der Waals surface area contributed by atoms with Crippen LogP contribution in [-0.4, -0.2) is 43.7 Å². The zero-order chi connectivity index (χ0) is 16.2. The highest BCUT2D eigenvalue weighted by atomic mass is 16.5. The van der Waals surface area contributed by atoms with E-state index in [1.807, 2.05) is 6.07 Å². The van der Waals surface area contributed by atoms with Gasteiger partial charge in [-0.1, -0.05) is 20.3 Å². The second-order valence-electron chi connectivity index (χ2n) is 5.97. The number of ether oxygens (including phenoxy) is 1. The molecule has 0 aromatic heterocycles. The number of unbranched alkanes of at least 4 members (excludes halogenated alkanes) is 1. The largest absolute Gasteiger partial charge is 0.381 e. The van der Waals surface area contributed by atoms with Crippen molar-refractivity contribution in [1.82, 2.24) is 10.2 Å². The first-order valence-corrected chi connectivity index (χ1v) is 8.39. The first-order chi connectivity index (χ1) is 10.7. The van der Waals surface area contributed by atoms with Crippen LogP contribution in [0.5, 0.6) is 0 Å². The van der Waals surface area contributed by atoms with Gasteiger partial charge in [-0.3, -0.25) is 4.79 Å². The van der Waals surface area contributed by atoms with Gasteiger partial charge in [0.25, 0.3) is 5.91 Å². The highest BCUT2D eigenvalue weighted by Crippen LogP contribution is 2.16. The van der Waals surface area contributed by atoms with Crippen LogP contribution in [0.4, 0.5) is 0 Å². The van der Waals surface area contributed by atoms with E-state index < -0.39 is 0 Å². The molecule has 0 saturated carbocycles. The molecule has 0 spiro atoms. The Balaban J connectivity index is 2.27. The van der Waals surface area contributed by atoms with Gasteiger partial charge in [-0.2, -0.15) is 5.26 Å². The molecule has 1 fully saturated rings. The van der Waals surface area contributed by atoms with Gasteiger partial charge in [-0.15, -0.1) is 0 Å². The van der Waals surface area contributed by atoms with Crippen molar-refractivity contribution in [3.63, 3.8) is 0 Å². The number of likely N-dealkylation sites (tertiary alicyclic amines) is 1. The fraction of sp³-hybridized carbons (Fsp3) is 0.765. The maximum absolute atomic E-state index is 12.0. The van der Waals surface area contributed by atoms with E-state index in [9.17, 15) is 4.79 Å². The second-order valence-corrected chi connectivity index (χ2v) is 5.97. The molecule has 22 heavy (non-hydrogen) atoms. The summed E-state index contributed by atoms with van der Waals surface area (Å²) in [4.78, 5) is 14.1. The molecule has 5 heteroatoms. The summed E-state index contributed by atoms with van der Waals surface area (Å²) < 4.78 is 5.44. The first-order valence-electron chi connectivity index (χ1n) is 8.39. The number of hydrogen-bond donors (Lipinski definition) is 1. The predicted octanol–water partition coefficient (Wildman–Crippen LogP) is 2.45. The number of hydrogen-bond acceptors (Lipinski definition) is 4. The van der Waals surface area contributed by atoms with E-state index in [4.69, 9.17) is 10.00 Å². The van der Waals surface area contributed by atoms with Crippen LogP contribution in [0.3, 0.4) is 0 Å². The zero-order valence-corrected chi connectivity index (χ0v) is 13.9. The molecule has 0 bridgehead atoms. The average molecular weight is 307 g/mol. The van der Waals surface area contributed by atoms with Gasteiger partial charge in [-0.05, 0) is 31.6 Å². The van der Waals surface area contributed by atoms with Gasteiger partial charge < -0.3 is 15.0 Å². The smallest absolute Gasteiger partial charge is 0.263 e. The Morgan fingerprint density at radius 1 is 1.45 bits per heavy atom. The molecule has 1 N–H and O–H groups in total. The topological polar surface area (TPSA) is 65.4 Å².